The van der Waals surface area contributed by atoms with Crippen molar-refractivity contribution in [3.8, 4) is 0 Å². The number of hydrogen-bond donors (Lipinski definition) is 1. The van der Waals surface area contributed by atoms with Crippen LogP contribution in [0.25, 0.3) is 6.08 Å². The summed E-state index contributed by atoms with van der Waals surface area (Å²) in [5.74, 6) is -0.211. The molecule has 0 aromatic heterocycles. The number of aryl methyl sites for hydroxylation is 1. The van der Waals surface area contributed by atoms with Crippen molar-refractivity contribution >= 4 is 6.08 Å². The standard InChI is InChI=1S/C10H12FN/c1-8-4-5-10(11)7-9(8)3-2-6-12/h2-5,7H,6,12H2,1H3. The van der Waals surface area contributed by atoms with Gasteiger partial charge in [-0.25, -0.2) is 4.39 Å². The number of rotatable bonds is 2. The third-order valence-corrected chi connectivity index (χ3v) is 1.67. The van der Waals surface area contributed by atoms with Crippen molar-refractivity contribution in [3.63, 3.8) is 0 Å². The number of benzene rings is 1. The minimum absolute atomic E-state index is 0.211. The molecule has 64 valence electrons. The van der Waals surface area contributed by atoms with Gasteiger partial charge in [-0.15, -0.1) is 0 Å². The minimum Gasteiger partial charge on any atom is -0.327 e. The normalized spacial score (nSPS) is 10.9. The van der Waals surface area contributed by atoms with Gasteiger partial charge in [-0.2, -0.15) is 0 Å². The van der Waals surface area contributed by atoms with Gasteiger partial charge in [0.05, 0.1) is 0 Å². The molecule has 0 aliphatic rings. The van der Waals surface area contributed by atoms with E-state index in [4.69, 9.17) is 5.73 Å². The van der Waals surface area contributed by atoms with Gasteiger partial charge in [-0.05, 0) is 30.2 Å². The molecule has 0 amide bonds. The maximum absolute atomic E-state index is 12.7. The molecule has 12 heavy (non-hydrogen) atoms. The molecule has 0 atom stereocenters. The number of nitrogens with two attached hydrogens (primary N) is 1. The molecule has 0 aliphatic heterocycles. The van der Waals surface area contributed by atoms with E-state index in [2.05, 4.69) is 0 Å². The van der Waals surface area contributed by atoms with E-state index < -0.39 is 0 Å². The zero-order valence-corrected chi connectivity index (χ0v) is 7.05. The van der Waals surface area contributed by atoms with E-state index in [0.717, 1.165) is 11.1 Å². The Morgan fingerprint density at radius 1 is 1.50 bits per heavy atom. The van der Waals surface area contributed by atoms with Gasteiger partial charge < -0.3 is 5.73 Å². The second-order valence-corrected chi connectivity index (χ2v) is 2.64. The average Bonchev–Trinajstić information content (AvgIpc) is 2.07. The first kappa shape index (κ1) is 8.94. The molecule has 0 fully saturated rings. The fourth-order valence-electron chi connectivity index (χ4n) is 0.986. The first-order valence-electron chi connectivity index (χ1n) is 3.87. The Morgan fingerprint density at radius 3 is 2.92 bits per heavy atom. The Morgan fingerprint density at radius 2 is 2.25 bits per heavy atom. The number of hydrogen-bond acceptors (Lipinski definition) is 1. The molecule has 1 aromatic rings. The Kier molecular flexibility index (Phi) is 3.00. The molecule has 2 N–H and O–H groups in total. The molecule has 0 aliphatic carbocycles. The van der Waals surface area contributed by atoms with Crippen molar-refractivity contribution < 1.29 is 4.39 Å². The molecule has 0 bridgehead atoms. The lowest BCUT2D eigenvalue weighted by atomic mass is 10.1. The summed E-state index contributed by atoms with van der Waals surface area (Å²) in [6, 6.07) is 4.71. The lowest BCUT2D eigenvalue weighted by molar-refractivity contribution is 0.627. The summed E-state index contributed by atoms with van der Waals surface area (Å²) in [7, 11) is 0. The summed E-state index contributed by atoms with van der Waals surface area (Å²) in [4.78, 5) is 0. The monoisotopic (exact) mass is 165 g/mol. The zero-order valence-electron chi connectivity index (χ0n) is 7.05. The predicted molar refractivity (Wildman–Crippen MR) is 49.2 cm³/mol. The van der Waals surface area contributed by atoms with Crippen molar-refractivity contribution in [2.24, 2.45) is 5.73 Å². The fourth-order valence-corrected chi connectivity index (χ4v) is 0.986. The maximum Gasteiger partial charge on any atom is 0.123 e. The SMILES string of the molecule is Cc1ccc(F)cc1C=CCN. The highest BCUT2D eigenvalue weighted by atomic mass is 19.1. The largest absolute Gasteiger partial charge is 0.327 e. The van der Waals surface area contributed by atoms with E-state index in [9.17, 15) is 4.39 Å². The first-order chi connectivity index (χ1) is 5.74. The Balaban J connectivity index is 2.97. The quantitative estimate of drug-likeness (QED) is 0.713. The first-order valence-corrected chi connectivity index (χ1v) is 3.87. The smallest absolute Gasteiger partial charge is 0.123 e. The van der Waals surface area contributed by atoms with Gasteiger partial charge in [-0.1, -0.05) is 18.2 Å². The highest BCUT2D eigenvalue weighted by Crippen LogP contribution is 2.11. The molecule has 1 aromatic carbocycles. The van der Waals surface area contributed by atoms with Crippen LogP contribution in [-0.2, 0) is 0 Å². The molecular weight excluding hydrogens is 153 g/mol. The van der Waals surface area contributed by atoms with Gasteiger partial charge in [0, 0.05) is 6.54 Å². The fraction of sp³-hybridized carbons (Fsp3) is 0.200. The summed E-state index contributed by atoms with van der Waals surface area (Å²) >= 11 is 0. The van der Waals surface area contributed by atoms with Crippen LogP contribution in [-0.4, -0.2) is 6.54 Å². The molecular formula is C10H12FN. The lowest BCUT2D eigenvalue weighted by Crippen LogP contribution is -1.92. The van der Waals surface area contributed by atoms with Crippen LogP contribution in [0.5, 0.6) is 0 Å². The molecule has 2 heteroatoms. The highest BCUT2D eigenvalue weighted by Gasteiger charge is 1.95. The lowest BCUT2D eigenvalue weighted by Gasteiger charge is -1.98. The topological polar surface area (TPSA) is 26.0 Å². The van der Waals surface area contributed by atoms with Crippen LogP contribution in [0.1, 0.15) is 11.1 Å². The van der Waals surface area contributed by atoms with Crippen LogP contribution in [0.4, 0.5) is 4.39 Å². The summed E-state index contributed by atoms with van der Waals surface area (Å²) < 4.78 is 12.7. The van der Waals surface area contributed by atoms with Crippen molar-refractivity contribution in [1.29, 1.82) is 0 Å². The number of halogens is 1. The summed E-state index contributed by atoms with van der Waals surface area (Å²) in [6.07, 6.45) is 3.64. The van der Waals surface area contributed by atoms with Crippen molar-refractivity contribution in [1.82, 2.24) is 0 Å². The van der Waals surface area contributed by atoms with E-state index in [1.165, 1.54) is 12.1 Å². The third kappa shape index (κ3) is 2.17. The molecule has 0 saturated carbocycles. The molecule has 1 nitrogen and oxygen atoms in total. The molecule has 0 heterocycles. The van der Waals surface area contributed by atoms with Crippen LogP contribution >= 0.6 is 0 Å². The van der Waals surface area contributed by atoms with Crippen LogP contribution in [0.2, 0.25) is 0 Å². The maximum atomic E-state index is 12.7. The van der Waals surface area contributed by atoms with E-state index in [-0.39, 0.29) is 5.82 Å². The second-order valence-electron chi connectivity index (χ2n) is 2.64. The molecule has 0 unspecified atom stereocenters. The van der Waals surface area contributed by atoms with Gasteiger partial charge in [0.25, 0.3) is 0 Å². The van der Waals surface area contributed by atoms with E-state index in [1.807, 2.05) is 19.1 Å². The van der Waals surface area contributed by atoms with Crippen LogP contribution < -0.4 is 5.73 Å². The molecule has 0 radical (unpaired) electrons. The Bertz CT molecular complexity index is 292. The van der Waals surface area contributed by atoms with Crippen molar-refractivity contribution in [2.45, 2.75) is 6.92 Å². The second kappa shape index (κ2) is 4.02. The zero-order chi connectivity index (χ0) is 8.97. The molecule has 1 rings (SSSR count). The average molecular weight is 165 g/mol. The van der Waals surface area contributed by atoms with E-state index in [0.29, 0.717) is 6.54 Å². The van der Waals surface area contributed by atoms with Crippen LogP contribution in [0.15, 0.2) is 24.3 Å². The van der Waals surface area contributed by atoms with Gasteiger partial charge in [0.15, 0.2) is 0 Å². The van der Waals surface area contributed by atoms with Gasteiger partial charge in [0.2, 0.25) is 0 Å². The third-order valence-electron chi connectivity index (χ3n) is 1.67. The van der Waals surface area contributed by atoms with Gasteiger partial charge >= 0.3 is 0 Å². The Hall–Kier alpha value is -1.15. The summed E-state index contributed by atoms with van der Waals surface area (Å²) in [5, 5.41) is 0. The highest BCUT2D eigenvalue weighted by molar-refractivity contribution is 5.53. The predicted octanol–water partition coefficient (Wildman–Crippen LogP) is 2.11. The van der Waals surface area contributed by atoms with Crippen molar-refractivity contribution in [3.05, 3.63) is 41.2 Å². The van der Waals surface area contributed by atoms with Crippen LogP contribution in [0, 0.1) is 12.7 Å². The van der Waals surface area contributed by atoms with Crippen LogP contribution in [0.3, 0.4) is 0 Å². The minimum atomic E-state index is -0.211. The van der Waals surface area contributed by atoms with Crippen molar-refractivity contribution in [2.75, 3.05) is 6.54 Å². The molecule has 0 spiro atoms. The Labute approximate surface area is 71.7 Å². The van der Waals surface area contributed by atoms with Gasteiger partial charge in [-0.3, -0.25) is 0 Å². The van der Waals surface area contributed by atoms with Gasteiger partial charge in [0.1, 0.15) is 5.82 Å². The summed E-state index contributed by atoms with van der Waals surface area (Å²) in [6.45, 7) is 2.42. The van der Waals surface area contributed by atoms with E-state index >= 15 is 0 Å². The van der Waals surface area contributed by atoms with E-state index in [1.54, 1.807) is 6.07 Å². The molecule has 0 saturated heterocycles. The summed E-state index contributed by atoms with van der Waals surface area (Å²) in [5.41, 5.74) is 7.23.